The highest BCUT2D eigenvalue weighted by molar-refractivity contribution is 9.10. The minimum atomic E-state index is -3.41. The monoisotopic (exact) mass is 470 g/mol. The molecule has 1 aliphatic rings. The standard InChI is InChI=1S/C19H20BrClN2O3S/c20-17-3-1-2-4-18(17)22-19(24)15-9-11-23(12-10-15)27(25,26)13-14-5-7-16(21)8-6-14/h1-8,15H,9-13H2,(H,22,24). The summed E-state index contributed by atoms with van der Waals surface area (Å²) in [6, 6.07) is 14.2. The summed E-state index contributed by atoms with van der Waals surface area (Å²) < 4.78 is 27.6. The lowest BCUT2D eigenvalue weighted by molar-refractivity contribution is -0.120. The topological polar surface area (TPSA) is 66.5 Å². The molecule has 0 spiro atoms. The molecule has 1 heterocycles. The van der Waals surface area contributed by atoms with E-state index in [1.54, 1.807) is 24.3 Å². The molecule has 3 rings (SSSR count). The molecule has 144 valence electrons. The fourth-order valence-electron chi connectivity index (χ4n) is 3.08. The van der Waals surface area contributed by atoms with E-state index in [0.29, 0.717) is 36.5 Å². The zero-order valence-electron chi connectivity index (χ0n) is 14.6. The van der Waals surface area contributed by atoms with Crippen molar-refractivity contribution in [2.24, 2.45) is 5.92 Å². The van der Waals surface area contributed by atoms with E-state index in [-0.39, 0.29) is 17.6 Å². The Morgan fingerprint density at radius 2 is 1.74 bits per heavy atom. The van der Waals surface area contributed by atoms with Crippen LogP contribution in [0.5, 0.6) is 0 Å². The van der Waals surface area contributed by atoms with Gasteiger partial charge in [0.15, 0.2) is 0 Å². The number of hydrogen-bond acceptors (Lipinski definition) is 3. The number of carbonyl (C=O) groups excluding carboxylic acids is 1. The molecule has 8 heteroatoms. The molecule has 0 radical (unpaired) electrons. The van der Waals surface area contributed by atoms with E-state index in [2.05, 4.69) is 21.2 Å². The lowest BCUT2D eigenvalue weighted by Crippen LogP contribution is -2.41. The average Bonchev–Trinajstić information content (AvgIpc) is 2.65. The Balaban J connectivity index is 1.57. The number of rotatable bonds is 5. The number of para-hydroxylation sites is 1. The van der Waals surface area contributed by atoms with Crippen LogP contribution < -0.4 is 5.32 Å². The van der Waals surface area contributed by atoms with Crippen LogP contribution in [0.2, 0.25) is 5.02 Å². The van der Waals surface area contributed by atoms with Gasteiger partial charge in [0.25, 0.3) is 0 Å². The van der Waals surface area contributed by atoms with Crippen LogP contribution in [0.1, 0.15) is 18.4 Å². The van der Waals surface area contributed by atoms with Gasteiger partial charge in [-0.25, -0.2) is 12.7 Å². The number of amides is 1. The summed E-state index contributed by atoms with van der Waals surface area (Å²) in [4.78, 5) is 12.5. The number of halogens is 2. The quantitative estimate of drug-likeness (QED) is 0.708. The van der Waals surface area contributed by atoms with E-state index in [9.17, 15) is 13.2 Å². The normalized spacial score (nSPS) is 16.2. The predicted molar refractivity (Wildman–Crippen MR) is 111 cm³/mol. The van der Waals surface area contributed by atoms with Gasteiger partial charge in [0, 0.05) is 28.5 Å². The second-order valence-electron chi connectivity index (χ2n) is 6.53. The van der Waals surface area contributed by atoms with Gasteiger partial charge in [-0.2, -0.15) is 0 Å². The molecule has 0 atom stereocenters. The lowest BCUT2D eigenvalue weighted by Gasteiger charge is -2.30. The highest BCUT2D eigenvalue weighted by Crippen LogP contribution is 2.26. The summed E-state index contributed by atoms with van der Waals surface area (Å²) in [5, 5.41) is 3.49. The van der Waals surface area contributed by atoms with Crippen LogP contribution in [0.25, 0.3) is 0 Å². The fraction of sp³-hybridized carbons (Fsp3) is 0.316. The van der Waals surface area contributed by atoms with Gasteiger partial charge in [-0.3, -0.25) is 4.79 Å². The molecule has 0 aliphatic carbocycles. The molecule has 1 saturated heterocycles. The van der Waals surface area contributed by atoms with Gasteiger partial charge in [-0.1, -0.05) is 35.9 Å². The van der Waals surface area contributed by atoms with E-state index in [4.69, 9.17) is 11.6 Å². The molecule has 0 aromatic heterocycles. The van der Waals surface area contributed by atoms with Crippen LogP contribution in [0, 0.1) is 5.92 Å². The molecule has 5 nitrogen and oxygen atoms in total. The number of carbonyl (C=O) groups is 1. The molecule has 27 heavy (non-hydrogen) atoms. The maximum Gasteiger partial charge on any atom is 0.227 e. The third-order valence-corrected chi connectivity index (χ3v) is 7.41. The first-order valence-electron chi connectivity index (χ1n) is 8.63. The van der Waals surface area contributed by atoms with Crippen LogP contribution in [0.15, 0.2) is 53.0 Å². The van der Waals surface area contributed by atoms with Crippen LogP contribution in [0.4, 0.5) is 5.69 Å². The maximum absolute atomic E-state index is 12.6. The van der Waals surface area contributed by atoms with Crippen LogP contribution in [-0.4, -0.2) is 31.7 Å². The highest BCUT2D eigenvalue weighted by Gasteiger charge is 2.31. The van der Waals surface area contributed by atoms with Gasteiger partial charge >= 0.3 is 0 Å². The van der Waals surface area contributed by atoms with Crippen molar-refractivity contribution in [3.05, 3.63) is 63.6 Å². The zero-order valence-corrected chi connectivity index (χ0v) is 17.7. The van der Waals surface area contributed by atoms with Crippen molar-refractivity contribution in [2.45, 2.75) is 18.6 Å². The summed E-state index contributed by atoms with van der Waals surface area (Å²) in [6.07, 6.45) is 1.02. The van der Waals surface area contributed by atoms with E-state index in [0.717, 1.165) is 10.2 Å². The van der Waals surface area contributed by atoms with Crippen molar-refractivity contribution in [1.82, 2.24) is 4.31 Å². The minimum absolute atomic E-state index is 0.0575. The number of anilines is 1. The average molecular weight is 472 g/mol. The molecular weight excluding hydrogens is 452 g/mol. The van der Waals surface area contributed by atoms with Gasteiger partial charge in [0.2, 0.25) is 15.9 Å². The van der Waals surface area contributed by atoms with Gasteiger partial charge in [-0.05, 0) is 58.6 Å². The molecule has 0 bridgehead atoms. The Morgan fingerprint density at radius 3 is 2.37 bits per heavy atom. The molecule has 0 saturated carbocycles. The highest BCUT2D eigenvalue weighted by atomic mass is 79.9. The van der Waals surface area contributed by atoms with Crippen LogP contribution >= 0.6 is 27.5 Å². The Bertz CT molecular complexity index is 911. The minimum Gasteiger partial charge on any atom is -0.325 e. The van der Waals surface area contributed by atoms with Gasteiger partial charge < -0.3 is 5.32 Å². The maximum atomic E-state index is 12.6. The molecule has 1 amide bonds. The lowest BCUT2D eigenvalue weighted by atomic mass is 9.97. The van der Waals surface area contributed by atoms with Crippen molar-refractivity contribution < 1.29 is 13.2 Å². The van der Waals surface area contributed by atoms with E-state index in [1.165, 1.54) is 4.31 Å². The number of piperidine rings is 1. The smallest absolute Gasteiger partial charge is 0.227 e. The van der Waals surface area contributed by atoms with Crippen molar-refractivity contribution in [3.63, 3.8) is 0 Å². The molecule has 1 fully saturated rings. The van der Waals surface area contributed by atoms with Crippen molar-refractivity contribution in [3.8, 4) is 0 Å². The summed E-state index contributed by atoms with van der Waals surface area (Å²) in [6.45, 7) is 0.702. The van der Waals surface area contributed by atoms with Gasteiger partial charge in [0.05, 0.1) is 11.4 Å². The molecule has 0 unspecified atom stereocenters. The summed E-state index contributed by atoms with van der Waals surface area (Å²) in [5.41, 5.74) is 1.42. The summed E-state index contributed by atoms with van der Waals surface area (Å²) >= 11 is 9.25. The van der Waals surface area contributed by atoms with Gasteiger partial charge in [0.1, 0.15) is 0 Å². The second-order valence-corrected chi connectivity index (χ2v) is 9.78. The van der Waals surface area contributed by atoms with Crippen molar-refractivity contribution in [1.29, 1.82) is 0 Å². The fourth-order valence-corrected chi connectivity index (χ4v) is 5.15. The zero-order chi connectivity index (χ0) is 19.4. The van der Waals surface area contributed by atoms with Crippen LogP contribution in [-0.2, 0) is 20.6 Å². The third-order valence-electron chi connectivity index (χ3n) is 4.61. The largest absolute Gasteiger partial charge is 0.325 e. The summed E-state index contributed by atoms with van der Waals surface area (Å²) in [5.74, 6) is -0.325. The predicted octanol–water partition coefficient (Wildman–Crippen LogP) is 4.28. The van der Waals surface area contributed by atoms with Crippen LogP contribution in [0.3, 0.4) is 0 Å². The Kier molecular flexibility index (Phi) is 6.57. The number of benzene rings is 2. The van der Waals surface area contributed by atoms with Gasteiger partial charge in [-0.15, -0.1) is 0 Å². The SMILES string of the molecule is O=C(Nc1ccccc1Br)C1CCN(S(=O)(=O)Cc2ccc(Cl)cc2)CC1. The first-order chi connectivity index (χ1) is 12.8. The molecule has 1 N–H and O–H groups in total. The molecule has 1 aliphatic heterocycles. The summed E-state index contributed by atoms with van der Waals surface area (Å²) in [7, 11) is -3.41. The number of nitrogens with one attached hydrogen (secondary N) is 1. The number of nitrogens with zero attached hydrogens (tertiary/aromatic N) is 1. The Hall–Kier alpha value is -1.41. The second kappa shape index (κ2) is 8.73. The van der Waals surface area contributed by atoms with Crippen molar-refractivity contribution in [2.75, 3.05) is 18.4 Å². The Labute approximate surface area is 172 Å². The Morgan fingerprint density at radius 1 is 1.11 bits per heavy atom. The third kappa shape index (κ3) is 5.31. The van der Waals surface area contributed by atoms with Crippen molar-refractivity contribution >= 4 is 49.1 Å². The van der Waals surface area contributed by atoms with E-state index in [1.807, 2.05) is 24.3 Å². The first-order valence-corrected chi connectivity index (χ1v) is 11.4. The molecule has 2 aromatic rings. The van der Waals surface area contributed by atoms with E-state index >= 15 is 0 Å². The molecule has 2 aromatic carbocycles. The number of sulfonamides is 1. The first kappa shape index (κ1) is 20.3. The molecular formula is C19H20BrClN2O3S. The van der Waals surface area contributed by atoms with E-state index < -0.39 is 10.0 Å². The number of hydrogen-bond donors (Lipinski definition) is 1.